The second kappa shape index (κ2) is 3.49. The molecule has 0 aliphatic heterocycles. The molecular formula is C11H10ClN5. The van der Waals surface area contributed by atoms with Crippen molar-refractivity contribution in [2.24, 2.45) is 7.05 Å². The molecule has 0 atom stereocenters. The molecule has 0 fully saturated rings. The third kappa shape index (κ3) is 1.55. The summed E-state index contributed by atoms with van der Waals surface area (Å²) in [6.45, 7) is 0. The number of hydrogen-bond donors (Lipinski definition) is 1. The topological polar surface area (TPSA) is 61.1 Å². The predicted molar refractivity (Wildman–Crippen MR) is 66.8 cm³/mol. The van der Waals surface area contributed by atoms with Crippen molar-refractivity contribution < 1.29 is 0 Å². The lowest BCUT2D eigenvalue weighted by molar-refractivity contribution is 0.768. The Bertz CT molecular complexity index is 697. The van der Waals surface area contributed by atoms with Crippen molar-refractivity contribution in [2.45, 2.75) is 0 Å². The molecule has 0 saturated carbocycles. The fourth-order valence-electron chi connectivity index (χ4n) is 1.79. The zero-order valence-electron chi connectivity index (χ0n) is 9.13. The van der Waals surface area contributed by atoms with E-state index in [2.05, 4.69) is 10.1 Å². The molecule has 0 aromatic carbocycles. The lowest BCUT2D eigenvalue weighted by Crippen LogP contribution is -1.93. The molecule has 3 rings (SSSR count). The van der Waals surface area contributed by atoms with E-state index >= 15 is 0 Å². The summed E-state index contributed by atoms with van der Waals surface area (Å²) in [5, 5.41) is 4.73. The molecule has 0 unspecified atom stereocenters. The van der Waals surface area contributed by atoms with Gasteiger partial charge < -0.3 is 5.73 Å². The molecule has 0 radical (unpaired) electrons. The summed E-state index contributed by atoms with van der Waals surface area (Å²) >= 11 is 5.93. The molecule has 0 amide bonds. The average molecular weight is 248 g/mol. The maximum absolute atomic E-state index is 6.05. The van der Waals surface area contributed by atoms with E-state index in [1.54, 1.807) is 27.5 Å². The van der Waals surface area contributed by atoms with Crippen LogP contribution in [0.25, 0.3) is 16.9 Å². The molecule has 3 heterocycles. The van der Waals surface area contributed by atoms with Crippen molar-refractivity contribution in [1.82, 2.24) is 19.2 Å². The molecule has 3 aromatic rings. The summed E-state index contributed by atoms with van der Waals surface area (Å²) in [7, 11) is 1.85. The van der Waals surface area contributed by atoms with E-state index in [0.29, 0.717) is 10.8 Å². The Morgan fingerprint density at radius 2 is 2.12 bits per heavy atom. The predicted octanol–water partition coefficient (Wildman–Crippen LogP) is 1.97. The highest BCUT2D eigenvalue weighted by Gasteiger charge is 2.12. The number of halogens is 1. The third-order valence-corrected chi connectivity index (χ3v) is 2.82. The van der Waals surface area contributed by atoms with Gasteiger partial charge in [-0.15, -0.1) is 0 Å². The number of aromatic nitrogens is 4. The van der Waals surface area contributed by atoms with Gasteiger partial charge in [0.25, 0.3) is 0 Å². The van der Waals surface area contributed by atoms with E-state index in [-0.39, 0.29) is 0 Å². The van der Waals surface area contributed by atoms with Gasteiger partial charge in [0.05, 0.1) is 11.2 Å². The summed E-state index contributed by atoms with van der Waals surface area (Å²) in [6, 6.07) is 3.62. The van der Waals surface area contributed by atoms with Crippen LogP contribution in [0.5, 0.6) is 0 Å². The van der Waals surface area contributed by atoms with Crippen molar-refractivity contribution in [2.75, 3.05) is 5.73 Å². The number of hydrogen-bond acceptors (Lipinski definition) is 3. The highest BCUT2D eigenvalue weighted by Crippen LogP contribution is 2.26. The summed E-state index contributed by atoms with van der Waals surface area (Å²) in [5.74, 6) is 0.565. The number of rotatable bonds is 1. The summed E-state index contributed by atoms with van der Waals surface area (Å²) in [6.07, 6.45) is 5.36. The largest absolute Gasteiger partial charge is 0.383 e. The van der Waals surface area contributed by atoms with Crippen molar-refractivity contribution in [1.29, 1.82) is 0 Å². The molecule has 2 N–H and O–H groups in total. The first kappa shape index (κ1) is 10.2. The Morgan fingerprint density at radius 3 is 2.82 bits per heavy atom. The molecular weight excluding hydrogens is 238 g/mol. The molecule has 6 heteroatoms. The first-order valence-corrected chi connectivity index (χ1v) is 5.45. The molecule has 3 aromatic heterocycles. The number of nitrogen functional groups attached to an aromatic ring is 1. The third-order valence-electron chi connectivity index (χ3n) is 2.60. The maximum atomic E-state index is 6.05. The minimum Gasteiger partial charge on any atom is -0.383 e. The van der Waals surface area contributed by atoms with Crippen molar-refractivity contribution in [3.63, 3.8) is 0 Å². The number of fused-ring (bicyclic) bond motifs is 1. The van der Waals surface area contributed by atoms with Crippen LogP contribution in [0.3, 0.4) is 0 Å². The van der Waals surface area contributed by atoms with Crippen LogP contribution in [0.15, 0.2) is 30.7 Å². The van der Waals surface area contributed by atoms with Crippen molar-refractivity contribution >= 4 is 23.1 Å². The maximum Gasteiger partial charge on any atom is 0.139 e. The Hall–Kier alpha value is -2.01. The zero-order valence-corrected chi connectivity index (χ0v) is 9.89. The van der Waals surface area contributed by atoms with Crippen LogP contribution in [0.4, 0.5) is 5.82 Å². The number of nitrogens with two attached hydrogens (primary N) is 1. The van der Waals surface area contributed by atoms with Gasteiger partial charge >= 0.3 is 0 Å². The number of pyridine rings is 1. The number of aryl methyl sites for hydroxylation is 1. The van der Waals surface area contributed by atoms with Gasteiger partial charge in [-0.3, -0.25) is 9.08 Å². The van der Waals surface area contributed by atoms with Gasteiger partial charge in [0.1, 0.15) is 17.2 Å². The monoisotopic (exact) mass is 247 g/mol. The summed E-state index contributed by atoms with van der Waals surface area (Å²) in [4.78, 5) is 4.46. The average Bonchev–Trinajstić information content (AvgIpc) is 2.84. The first-order chi connectivity index (χ1) is 8.15. The van der Waals surface area contributed by atoms with E-state index < -0.39 is 0 Å². The summed E-state index contributed by atoms with van der Waals surface area (Å²) < 4.78 is 3.48. The van der Waals surface area contributed by atoms with Crippen LogP contribution < -0.4 is 5.73 Å². The minimum absolute atomic E-state index is 0.565. The van der Waals surface area contributed by atoms with Crippen LogP contribution in [0.1, 0.15) is 0 Å². The second-order valence-electron chi connectivity index (χ2n) is 3.82. The summed E-state index contributed by atoms with van der Waals surface area (Å²) in [5.41, 5.74) is 8.44. The van der Waals surface area contributed by atoms with Crippen LogP contribution >= 0.6 is 11.6 Å². The quantitative estimate of drug-likeness (QED) is 0.715. The molecule has 0 spiro atoms. The Labute approximate surface area is 102 Å². The van der Waals surface area contributed by atoms with E-state index in [1.165, 1.54) is 0 Å². The van der Waals surface area contributed by atoms with Crippen LogP contribution in [-0.2, 0) is 7.05 Å². The minimum atomic E-state index is 0.565. The van der Waals surface area contributed by atoms with Gasteiger partial charge in [0.2, 0.25) is 0 Å². The van der Waals surface area contributed by atoms with Crippen LogP contribution in [0, 0.1) is 0 Å². The molecule has 0 aliphatic rings. The van der Waals surface area contributed by atoms with Crippen LogP contribution in [0.2, 0.25) is 5.02 Å². The van der Waals surface area contributed by atoms with Crippen LogP contribution in [-0.4, -0.2) is 19.2 Å². The van der Waals surface area contributed by atoms with E-state index in [4.69, 9.17) is 17.3 Å². The normalized spacial score (nSPS) is 11.2. The SMILES string of the molecule is Cn1cc(-c2nc3ccc(Cl)cn3c2N)cn1. The van der Waals surface area contributed by atoms with Gasteiger partial charge in [-0.05, 0) is 12.1 Å². The van der Waals surface area contributed by atoms with Gasteiger partial charge in [-0.1, -0.05) is 11.6 Å². The van der Waals surface area contributed by atoms with Gasteiger partial charge in [0, 0.05) is 25.0 Å². The Balaban J connectivity index is 2.27. The molecule has 86 valence electrons. The standard InChI is InChI=1S/C11H10ClN5/c1-16-5-7(4-14-16)10-11(13)17-6-8(12)2-3-9(17)15-10/h2-6H,13H2,1H3. The fourth-order valence-corrected chi connectivity index (χ4v) is 1.95. The van der Waals surface area contributed by atoms with Gasteiger partial charge in [0.15, 0.2) is 0 Å². The number of anilines is 1. The number of nitrogens with zero attached hydrogens (tertiary/aromatic N) is 4. The zero-order chi connectivity index (χ0) is 12.0. The van der Waals surface area contributed by atoms with Crippen molar-refractivity contribution in [3.8, 4) is 11.3 Å². The second-order valence-corrected chi connectivity index (χ2v) is 4.26. The molecule has 17 heavy (non-hydrogen) atoms. The Kier molecular flexibility index (Phi) is 2.09. The molecule has 0 saturated heterocycles. The lowest BCUT2D eigenvalue weighted by Gasteiger charge is -1.96. The van der Waals surface area contributed by atoms with Gasteiger partial charge in [-0.2, -0.15) is 5.10 Å². The highest BCUT2D eigenvalue weighted by molar-refractivity contribution is 6.30. The van der Waals surface area contributed by atoms with E-state index in [0.717, 1.165) is 16.9 Å². The lowest BCUT2D eigenvalue weighted by atomic mass is 10.2. The molecule has 5 nitrogen and oxygen atoms in total. The molecule has 0 bridgehead atoms. The first-order valence-electron chi connectivity index (χ1n) is 5.07. The smallest absolute Gasteiger partial charge is 0.139 e. The molecule has 0 aliphatic carbocycles. The fraction of sp³-hybridized carbons (Fsp3) is 0.0909. The highest BCUT2D eigenvalue weighted by atomic mass is 35.5. The Morgan fingerprint density at radius 1 is 1.29 bits per heavy atom. The van der Waals surface area contributed by atoms with E-state index in [1.807, 2.05) is 19.3 Å². The number of imidazole rings is 1. The van der Waals surface area contributed by atoms with E-state index in [9.17, 15) is 0 Å². The van der Waals surface area contributed by atoms with Gasteiger partial charge in [-0.25, -0.2) is 4.98 Å². The van der Waals surface area contributed by atoms with Crippen molar-refractivity contribution in [3.05, 3.63) is 35.7 Å².